The van der Waals surface area contributed by atoms with Gasteiger partial charge in [0.25, 0.3) is 0 Å². The van der Waals surface area contributed by atoms with Gasteiger partial charge in [0.05, 0.1) is 12.6 Å². The predicted octanol–water partition coefficient (Wildman–Crippen LogP) is 2.57. The lowest BCUT2D eigenvalue weighted by Crippen LogP contribution is -2.13. The third-order valence-corrected chi connectivity index (χ3v) is 3.70. The summed E-state index contributed by atoms with van der Waals surface area (Å²) in [6.45, 7) is 5.35. The van der Waals surface area contributed by atoms with Gasteiger partial charge >= 0.3 is 0 Å². The van der Waals surface area contributed by atoms with Crippen LogP contribution >= 0.6 is 0 Å². The molecule has 1 heterocycles. The molecule has 0 spiro atoms. The largest absolute Gasteiger partial charge is 0.497 e. The number of aromatic nitrogens is 1. The number of fused-ring (bicyclic) bond motifs is 1. The molecule has 1 aromatic heterocycles. The van der Waals surface area contributed by atoms with Gasteiger partial charge in [0.15, 0.2) is 0 Å². The van der Waals surface area contributed by atoms with E-state index in [0.29, 0.717) is 0 Å². The Morgan fingerprint density at radius 1 is 1.28 bits per heavy atom. The molecule has 0 bridgehead atoms. The van der Waals surface area contributed by atoms with Crippen LogP contribution in [0.4, 0.5) is 0 Å². The first-order chi connectivity index (χ1) is 8.60. The van der Waals surface area contributed by atoms with Crippen LogP contribution in [0, 0.1) is 13.8 Å². The molecule has 3 nitrogen and oxygen atoms in total. The highest BCUT2D eigenvalue weighted by Gasteiger charge is 2.14. The summed E-state index contributed by atoms with van der Waals surface area (Å²) in [5.74, 6) is 0.939. The average molecular weight is 246 g/mol. The molecule has 0 amide bonds. The highest BCUT2D eigenvalue weighted by atomic mass is 16.5. The SMILES string of the molecule is CNCCc1c(C)c2cc(OC)cc(C)c2n1C. The van der Waals surface area contributed by atoms with Crippen molar-refractivity contribution in [3.8, 4) is 5.75 Å². The summed E-state index contributed by atoms with van der Waals surface area (Å²) in [6, 6.07) is 4.24. The van der Waals surface area contributed by atoms with Gasteiger partial charge in [-0.3, -0.25) is 0 Å². The van der Waals surface area contributed by atoms with Crippen LogP contribution in [0.25, 0.3) is 10.9 Å². The van der Waals surface area contributed by atoms with Crippen LogP contribution in [0.2, 0.25) is 0 Å². The molecule has 0 radical (unpaired) electrons. The van der Waals surface area contributed by atoms with E-state index in [2.05, 4.69) is 42.9 Å². The van der Waals surface area contributed by atoms with Crippen LogP contribution in [0.15, 0.2) is 12.1 Å². The fourth-order valence-corrected chi connectivity index (χ4v) is 2.74. The van der Waals surface area contributed by atoms with E-state index >= 15 is 0 Å². The second-order valence-electron chi connectivity index (χ2n) is 4.82. The van der Waals surface area contributed by atoms with Crippen molar-refractivity contribution in [1.29, 1.82) is 0 Å². The number of aryl methyl sites for hydroxylation is 3. The summed E-state index contributed by atoms with van der Waals surface area (Å²) in [5, 5.41) is 4.52. The van der Waals surface area contributed by atoms with Crippen molar-refractivity contribution in [2.75, 3.05) is 20.7 Å². The van der Waals surface area contributed by atoms with E-state index in [4.69, 9.17) is 4.74 Å². The maximum atomic E-state index is 5.37. The van der Waals surface area contributed by atoms with Crippen molar-refractivity contribution >= 4 is 10.9 Å². The van der Waals surface area contributed by atoms with Gasteiger partial charge in [0.1, 0.15) is 5.75 Å². The highest BCUT2D eigenvalue weighted by Crippen LogP contribution is 2.31. The molecule has 0 aliphatic heterocycles. The second-order valence-corrected chi connectivity index (χ2v) is 4.82. The maximum absolute atomic E-state index is 5.37. The second kappa shape index (κ2) is 5.02. The Morgan fingerprint density at radius 2 is 2.00 bits per heavy atom. The minimum atomic E-state index is 0.939. The molecule has 0 atom stereocenters. The normalized spacial score (nSPS) is 11.2. The number of methoxy groups -OCH3 is 1. The first-order valence-corrected chi connectivity index (χ1v) is 6.37. The first-order valence-electron chi connectivity index (χ1n) is 6.37. The lowest BCUT2D eigenvalue weighted by Gasteiger charge is -2.07. The number of nitrogens with one attached hydrogen (secondary N) is 1. The quantitative estimate of drug-likeness (QED) is 0.897. The van der Waals surface area contributed by atoms with Crippen molar-refractivity contribution in [3.05, 3.63) is 29.0 Å². The van der Waals surface area contributed by atoms with Gasteiger partial charge in [-0.1, -0.05) is 0 Å². The van der Waals surface area contributed by atoms with Gasteiger partial charge in [0, 0.05) is 31.1 Å². The van der Waals surface area contributed by atoms with Crippen LogP contribution in [0.5, 0.6) is 5.75 Å². The number of ether oxygens (including phenoxy) is 1. The molecule has 0 unspecified atom stereocenters. The van der Waals surface area contributed by atoms with E-state index in [-0.39, 0.29) is 0 Å². The fourth-order valence-electron chi connectivity index (χ4n) is 2.74. The zero-order valence-corrected chi connectivity index (χ0v) is 11.9. The molecule has 0 aliphatic carbocycles. The molecule has 0 saturated carbocycles. The van der Waals surface area contributed by atoms with E-state index in [9.17, 15) is 0 Å². The van der Waals surface area contributed by atoms with Crippen LogP contribution < -0.4 is 10.1 Å². The third kappa shape index (κ3) is 1.99. The predicted molar refractivity (Wildman–Crippen MR) is 76.6 cm³/mol. The van der Waals surface area contributed by atoms with Crippen molar-refractivity contribution < 1.29 is 4.74 Å². The lowest BCUT2D eigenvalue weighted by atomic mass is 10.1. The highest BCUT2D eigenvalue weighted by molar-refractivity contribution is 5.89. The average Bonchev–Trinajstić information content (AvgIpc) is 2.60. The smallest absolute Gasteiger partial charge is 0.119 e. The van der Waals surface area contributed by atoms with Crippen molar-refractivity contribution in [3.63, 3.8) is 0 Å². The van der Waals surface area contributed by atoms with Crippen molar-refractivity contribution in [2.24, 2.45) is 7.05 Å². The first kappa shape index (κ1) is 13.0. The molecule has 18 heavy (non-hydrogen) atoms. The van der Waals surface area contributed by atoms with Crippen LogP contribution in [-0.4, -0.2) is 25.3 Å². The molecule has 3 heteroatoms. The van der Waals surface area contributed by atoms with E-state index in [0.717, 1.165) is 18.7 Å². The number of hydrogen-bond acceptors (Lipinski definition) is 2. The number of hydrogen-bond donors (Lipinski definition) is 1. The number of likely N-dealkylation sites (N-methyl/N-ethyl adjacent to an activating group) is 1. The van der Waals surface area contributed by atoms with Gasteiger partial charge in [-0.15, -0.1) is 0 Å². The Labute approximate surface area is 109 Å². The zero-order chi connectivity index (χ0) is 13.3. The number of nitrogens with zero attached hydrogens (tertiary/aromatic N) is 1. The van der Waals surface area contributed by atoms with Gasteiger partial charge in [0.2, 0.25) is 0 Å². The number of rotatable bonds is 4. The Kier molecular flexibility index (Phi) is 3.62. The van der Waals surface area contributed by atoms with E-state index in [1.54, 1.807) is 7.11 Å². The van der Waals surface area contributed by atoms with Crippen LogP contribution in [0.3, 0.4) is 0 Å². The standard InChI is InChI=1S/C15H22N2O/c1-10-8-12(18-5)9-13-11(2)14(6-7-16-3)17(4)15(10)13/h8-9,16H,6-7H2,1-5H3. The van der Waals surface area contributed by atoms with Gasteiger partial charge in [-0.25, -0.2) is 0 Å². The monoisotopic (exact) mass is 246 g/mol. The van der Waals surface area contributed by atoms with Gasteiger partial charge < -0.3 is 14.6 Å². The molecular weight excluding hydrogens is 224 g/mol. The van der Waals surface area contributed by atoms with Crippen LogP contribution in [-0.2, 0) is 13.5 Å². The van der Waals surface area contributed by atoms with E-state index in [1.165, 1.54) is 27.7 Å². The van der Waals surface area contributed by atoms with Crippen LogP contribution in [0.1, 0.15) is 16.8 Å². The Bertz CT molecular complexity index is 570. The third-order valence-electron chi connectivity index (χ3n) is 3.70. The Balaban J connectivity index is 2.65. The summed E-state index contributed by atoms with van der Waals surface area (Å²) in [4.78, 5) is 0. The lowest BCUT2D eigenvalue weighted by molar-refractivity contribution is 0.415. The molecule has 1 aromatic carbocycles. The minimum Gasteiger partial charge on any atom is -0.497 e. The summed E-state index contributed by atoms with van der Waals surface area (Å²) in [7, 11) is 5.87. The molecule has 0 fully saturated rings. The molecule has 2 aromatic rings. The number of benzene rings is 1. The zero-order valence-electron chi connectivity index (χ0n) is 11.9. The molecular formula is C15H22N2O. The molecule has 2 rings (SSSR count). The summed E-state index contributed by atoms with van der Waals surface area (Å²) >= 11 is 0. The molecule has 98 valence electrons. The van der Waals surface area contributed by atoms with Gasteiger partial charge in [-0.2, -0.15) is 0 Å². The minimum absolute atomic E-state index is 0.939. The molecule has 0 aliphatic rings. The van der Waals surface area contributed by atoms with Crippen molar-refractivity contribution in [1.82, 2.24) is 9.88 Å². The topological polar surface area (TPSA) is 26.2 Å². The molecule has 1 N–H and O–H groups in total. The maximum Gasteiger partial charge on any atom is 0.119 e. The van der Waals surface area contributed by atoms with Crippen molar-refractivity contribution in [2.45, 2.75) is 20.3 Å². The van der Waals surface area contributed by atoms with Gasteiger partial charge in [-0.05, 0) is 44.2 Å². The molecule has 0 saturated heterocycles. The fraction of sp³-hybridized carbons (Fsp3) is 0.467. The van der Waals surface area contributed by atoms with E-state index in [1.807, 2.05) is 7.05 Å². The Hall–Kier alpha value is -1.48. The summed E-state index contributed by atoms with van der Waals surface area (Å²) in [6.07, 6.45) is 1.05. The Morgan fingerprint density at radius 3 is 2.61 bits per heavy atom. The van der Waals surface area contributed by atoms with E-state index < -0.39 is 0 Å². The summed E-state index contributed by atoms with van der Waals surface area (Å²) in [5.41, 5.74) is 5.35. The summed E-state index contributed by atoms with van der Waals surface area (Å²) < 4.78 is 7.68.